The maximum absolute atomic E-state index is 12.6. The average Bonchev–Trinajstić information content (AvgIpc) is 2.61. The zero-order chi connectivity index (χ0) is 20.6. The Bertz CT molecular complexity index is 1100. The molecule has 146 valence electrons. The standard InChI is InChI=1S/C18H15ClN2O6S/c1-9-6-15(28(25,26)27)14(8-13(9)19)20-21-16-11-5-3-2-4-10(11)7-12(17(16)22)18(23)24/h2-8,10-11,20H,1H3,(H,23,24)(H,25,26,27)/b21-16-. The van der Waals surface area contributed by atoms with Gasteiger partial charge in [0.1, 0.15) is 16.2 Å². The summed E-state index contributed by atoms with van der Waals surface area (Å²) in [6.07, 6.45) is 8.23. The molecule has 0 spiro atoms. The highest BCUT2D eigenvalue weighted by Crippen LogP contribution is 2.32. The van der Waals surface area contributed by atoms with Crippen molar-refractivity contribution in [1.82, 2.24) is 0 Å². The fourth-order valence-corrected chi connectivity index (χ4v) is 3.86. The third kappa shape index (κ3) is 3.77. The van der Waals surface area contributed by atoms with Crippen LogP contribution in [0.15, 0.2) is 58.1 Å². The van der Waals surface area contributed by atoms with Gasteiger partial charge in [-0.3, -0.25) is 14.8 Å². The second-order valence-electron chi connectivity index (χ2n) is 6.27. The monoisotopic (exact) mass is 422 g/mol. The lowest BCUT2D eigenvalue weighted by atomic mass is 9.76. The van der Waals surface area contributed by atoms with E-state index >= 15 is 0 Å². The molecule has 2 aliphatic carbocycles. The summed E-state index contributed by atoms with van der Waals surface area (Å²) < 4.78 is 32.7. The molecule has 0 aromatic heterocycles. The molecule has 3 rings (SSSR count). The summed E-state index contributed by atoms with van der Waals surface area (Å²) in [5.41, 5.74) is 2.21. The number of halogens is 1. The second-order valence-corrected chi connectivity index (χ2v) is 8.07. The van der Waals surface area contributed by atoms with Crippen molar-refractivity contribution in [1.29, 1.82) is 0 Å². The smallest absolute Gasteiger partial charge is 0.339 e. The Morgan fingerprint density at radius 1 is 1.25 bits per heavy atom. The molecule has 2 atom stereocenters. The van der Waals surface area contributed by atoms with Crippen molar-refractivity contribution in [3.8, 4) is 0 Å². The Morgan fingerprint density at radius 2 is 1.93 bits per heavy atom. The number of aliphatic carboxylic acids is 1. The lowest BCUT2D eigenvalue weighted by Gasteiger charge is -2.27. The number of allylic oxidation sites excluding steroid dienone is 5. The fourth-order valence-electron chi connectivity index (χ4n) is 2.98. The van der Waals surface area contributed by atoms with Gasteiger partial charge >= 0.3 is 5.97 Å². The molecule has 8 nitrogen and oxygen atoms in total. The molecule has 1 aromatic rings. The Balaban J connectivity index is 2.07. The largest absolute Gasteiger partial charge is 0.478 e. The number of fused-ring (bicyclic) bond motifs is 1. The minimum absolute atomic E-state index is 0.0940. The number of anilines is 1. The van der Waals surface area contributed by atoms with E-state index < -0.39 is 38.3 Å². The number of benzene rings is 1. The van der Waals surface area contributed by atoms with Crippen LogP contribution in [0.5, 0.6) is 0 Å². The summed E-state index contributed by atoms with van der Waals surface area (Å²) in [7, 11) is -4.59. The minimum Gasteiger partial charge on any atom is -0.478 e. The van der Waals surface area contributed by atoms with Gasteiger partial charge in [-0.1, -0.05) is 42.0 Å². The topological polar surface area (TPSA) is 133 Å². The van der Waals surface area contributed by atoms with Crippen molar-refractivity contribution in [2.75, 3.05) is 5.43 Å². The molecule has 28 heavy (non-hydrogen) atoms. The van der Waals surface area contributed by atoms with Crippen LogP contribution >= 0.6 is 11.6 Å². The summed E-state index contributed by atoms with van der Waals surface area (Å²) in [6, 6.07) is 2.41. The Hall–Kier alpha value is -2.75. The van der Waals surface area contributed by atoms with Gasteiger partial charge in [0.25, 0.3) is 10.1 Å². The first-order valence-electron chi connectivity index (χ1n) is 8.05. The van der Waals surface area contributed by atoms with Gasteiger partial charge in [-0.2, -0.15) is 13.5 Å². The molecule has 0 radical (unpaired) electrons. The molecule has 0 amide bonds. The van der Waals surface area contributed by atoms with Crippen LogP contribution in [0.1, 0.15) is 5.56 Å². The first-order chi connectivity index (χ1) is 13.1. The van der Waals surface area contributed by atoms with Gasteiger partial charge in [-0.15, -0.1) is 0 Å². The summed E-state index contributed by atoms with van der Waals surface area (Å²) in [4.78, 5) is 23.5. The molecule has 0 saturated carbocycles. The SMILES string of the molecule is Cc1cc(S(=O)(=O)O)c(N/N=C2\C(=O)C(C(=O)O)=CC3C=CC=CC23)cc1Cl. The average molecular weight is 423 g/mol. The first kappa shape index (κ1) is 20.0. The molecule has 0 saturated heterocycles. The number of nitrogens with one attached hydrogen (secondary N) is 1. The van der Waals surface area contributed by atoms with Gasteiger partial charge in [0.2, 0.25) is 5.78 Å². The highest BCUT2D eigenvalue weighted by atomic mass is 35.5. The number of hydrazone groups is 1. The van der Waals surface area contributed by atoms with E-state index in [1.54, 1.807) is 31.2 Å². The zero-order valence-corrected chi connectivity index (χ0v) is 16.0. The number of carboxylic acid groups (broad SMARTS) is 1. The molecule has 2 aliphatic rings. The van der Waals surface area contributed by atoms with Crippen molar-refractivity contribution in [2.45, 2.75) is 11.8 Å². The molecule has 0 bridgehead atoms. The Labute approximate surface area is 165 Å². The van der Waals surface area contributed by atoms with Crippen LogP contribution < -0.4 is 5.43 Å². The predicted octanol–water partition coefficient (Wildman–Crippen LogP) is 2.62. The lowest BCUT2D eigenvalue weighted by molar-refractivity contribution is -0.134. The van der Waals surface area contributed by atoms with Gasteiger partial charge in [0.05, 0.1) is 5.69 Å². The molecule has 1 aromatic carbocycles. The quantitative estimate of drug-likeness (QED) is 0.385. The van der Waals surface area contributed by atoms with Gasteiger partial charge in [-0.05, 0) is 24.6 Å². The van der Waals surface area contributed by atoms with Gasteiger partial charge in [0, 0.05) is 16.9 Å². The summed E-state index contributed by atoms with van der Waals surface area (Å²) in [5, 5.41) is 13.5. The van der Waals surface area contributed by atoms with E-state index in [1.165, 1.54) is 12.1 Å². The zero-order valence-electron chi connectivity index (χ0n) is 14.5. The van der Waals surface area contributed by atoms with E-state index in [1.807, 2.05) is 0 Å². The summed E-state index contributed by atoms with van der Waals surface area (Å²) in [6.45, 7) is 1.56. The Morgan fingerprint density at radius 3 is 2.57 bits per heavy atom. The van der Waals surface area contributed by atoms with E-state index in [-0.39, 0.29) is 22.3 Å². The minimum atomic E-state index is -4.59. The van der Waals surface area contributed by atoms with Crippen molar-refractivity contribution < 1.29 is 27.7 Å². The molecule has 10 heteroatoms. The number of rotatable bonds is 4. The van der Waals surface area contributed by atoms with Crippen LogP contribution in [-0.4, -0.2) is 35.5 Å². The number of carboxylic acids is 1. The van der Waals surface area contributed by atoms with E-state index in [2.05, 4.69) is 10.5 Å². The fraction of sp³-hybridized carbons (Fsp3) is 0.167. The molecular formula is C18H15ClN2O6S. The normalized spacial score (nSPS) is 22.8. The highest BCUT2D eigenvalue weighted by molar-refractivity contribution is 7.86. The van der Waals surface area contributed by atoms with Crippen LogP contribution in [0.2, 0.25) is 5.02 Å². The third-order valence-electron chi connectivity index (χ3n) is 4.40. The molecule has 0 aliphatic heterocycles. The number of aryl methyl sites for hydroxylation is 1. The number of ketones is 1. The highest BCUT2D eigenvalue weighted by Gasteiger charge is 2.37. The number of nitrogens with zero attached hydrogens (tertiary/aromatic N) is 1. The van der Waals surface area contributed by atoms with Gasteiger partial charge in [-0.25, -0.2) is 4.79 Å². The van der Waals surface area contributed by atoms with E-state index in [9.17, 15) is 27.7 Å². The maximum atomic E-state index is 12.6. The number of carbonyl (C=O) groups excluding carboxylic acids is 1. The van der Waals surface area contributed by atoms with Crippen molar-refractivity contribution in [2.24, 2.45) is 16.9 Å². The van der Waals surface area contributed by atoms with E-state index in [4.69, 9.17) is 11.6 Å². The number of hydrogen-bond donors (Lipinski definition) is 3. The third-order valence-corrected chi connectivity index (χ3v) is 5.70. The number of carbonyl (C=O) groups is 2. The maximum Gasteiger partial charge on any atom is 0.339 e. The van der Waals surface area contributed by atoms with Crippen molar-refractivity contribution in [3.63, 3.8) is 0 Å². The molecule has 0 fully saturated rings. The van der Waals surface area contributed by atoms with Gasteiger partial charge < -0.3 is 5.11 Å². The van der Waals surface area contributed by atoms with Crippen molar-refractivity contribution in [3.05, 3.63) is 58.7 Å². The van der Waals surface area contributed by atoms with Crippen LogP contribution in [0, 0.1) is 18.8 Å². The molecule has 2 unspecified atom stereocenters. The molecule has 3 N–H and O–H groups in total. The number of hydrogen-bond acceptors (Lipinski definition) is 6. The summed E-state index contributed by atoms with van der Waals surface area (Å²) in [5.74, 6) is -3.05. The number of Topliss-reactive ketones (excluding diaryl/α,β-unsaturated/α-hetero) is 1. The van der Waals surface area contributed by atoms with Crippen LogP contribution in [-0.2, 0) is 19.7 Å². The molecular weight excluding hydrogens is 408 g/mol. The second kappa shape index (κ2) is 7.34. The van der Waals surface area contributed by atoms with Crippen LogP contribution in [0.4, 0.5) is 5.69 Å². The van der Waals surface area contributed by atoms with Crippen molar-refractivity contribution >= 4 is 44.9 Å². The van der Waals surface area contributed by atoms with Crippen LogP contribution in [0.3, 0.4) is 0 Å². The Kier molecular flexibility index (Phi) is 5.24. The van der Waals surface area contributed by atoms with Gasteiger partial charge in [0.15, 0.2) is 0 Å². The summed E-state index contributed by atoms with van der Waals surface area (Å²) >= 11 is 6.02. The molecule has 0 heterocycles. The lowest BCUT2D eigenvalue weighted by Crippen LogP contribution is -2.37. The van der Waals surface area contributed by atoms with E-state index in [0.717, 1.165) is 6.07 Å². The first-order valence-corrected chi connectivity index (χ1v) is 9.87. The predicted molar refractivity (Wildman–Crippen MR) is 103 cm³/mol. The van der Waals surface area contributed by atoms with E-state index in [0.29, 0.717) is 5.56 Å². The van der Waals surface area contributed by atoms with Crippen LogP contribution in [0.25, 0.3) is 0 Å².